The fourth-order valence-corrected chi connectivity index (χ4v) is 4.92. The Morgan fingerprint density at radius 2 is 1.55 bits per heavy atom. The summed E-state index contributed by atoms with van der Waals surface area (Å²) in [6.07, 6.45) is 3.67. The number of furan rings is 1. The first-order chi connectivity index (χ1) is 14.3. The minimum atomic E-state index is -0.210. The smallest absolute Gasteiger partial charge is 0.261 e. The van der Waals surface area contributed by atoms with Gasteiger partial charge in [0.1, 0.15) is 26.2 Å². The minimum absolute atomic E-state index is 0.0560. The Labute approximate surface area is 176 Å². The highest BCUT2D eigenvalue weighted by atomic mass is 32.2. The van der Waals surface area contributed by atoms with Crippen LogP contribution in [0.4, 0.5) is 0 Å². The zero-order valence-corrected chi connectivity index (χ0v) is 17.7. The molecule has 2 atom stereocenters. The van der Waals surface area contributed by atoms with Crippen molar-refractivity contribution in [3.8, 4) is 0 Å². The van der Waals surface area contributed by atoms with Crippen LogP contribution in [-0.4, -0.2) is 70.7 Å². The maximum atomic E-state index is 13.7. The number of carbonyl (C=O) groups is 1. The van der Waals surface area contributed by atoms with E-state index < -0.39 is 0 Å². The molecule has 2 saturated heterocycles. The van der Waals surface area contributed by atoms with Crippen molar-refractivity contribution in [2.45, 2.75) is 17.0 Å². The topological polar surface area (TPSA) is 57.5 Å². The third-order valence-corrected chi connectivity index (χ3v) is 6.75. The molecule has 0 aliphatic carbocycles. The maximum absolute atomic E-state index is 13.7. The van der Waals surface area contributed by atoms with Gasteiger partial charge in [-0.1, -0.05) is 12.1 Å². The predicted molar refractivity (Wildman–Crippen MR) is 111 cm³/mol. The number of quaternary nitrogens is 2. The molecule has 7 heteroatoms. The molecular weight excluding hydrogens is 388 g/mol. The first kappa shape index (κ1) is 20.6. The maximum Gasteiger partial charge on any atom is 0.261 e. The van der Waals surface area contributed by atoms with E-state index in [1.165, 1.54) is 20.3 Å². The summed E-state index contributed by atoms with van der Waals surface area (Å²) in [5.74, 6) is 0.539. The lowest BCUT2D eigenvalue weighted by atomic mass is 9.91. The summed E-state index contributed by atoms with van der Waals surface area (Å²) in [6.45, 7) is 6.31. The van der Waals surface area contributed by atoms with Gasteiger partial charge in [-0.25, -0.2) is 0 Å². The number of thioether (sulfide) groups is 1. The van der Waals surface area contributed by atoms with E-state index in [1.807, 2.05) is 0 Å². The molecule has 2 aromatic rings. The molecule has 4 rings (SSSR count). The molecule has 0 amide bonds. The van der Waals surface area contributed by atoms with Crippen LogP contribution in [0.2, 0.25) is 0 Å². The first-order valence-electron chi connectivity index (χ1n) is 10.3. The number of benzene rings is 1. The Balaban J connectivity index is 1.74. The van der Waals surface area contributed by atoms with Crippen LogP contribution in [0.25, 0.3) is 0 Å². The SMILES string of the molecule is CSc1ccc([C@H]([C@H](C(=O)c2ccco2)[NH+]2CCOCC2)[NH+]2CCOCC2)cc1. The standard InChI is InChI=1S/C22H28N2O4S/c1-29-18-6-4-17(5-7-18)20(23-8-13-26-14-9-23)21(24-10-15-27-16-11-24)22(25)19-3-2-12-28-19/h2-7,12,20-21H,8-11,13-16H2,1H3/p+2/t20-,21-/m1/s1. The van der Waals surface area contributed by atoms with Gasteiger partial charge in [0.2, 0.25) is 6.04 Å². The summed E-state index contributed by atoms with van der Waals surface area (Å²) in [5.41, 5.74) is 1.21. The van der Waals surface area contributed by atoms with Gasteiger partial charge in [0, 0.05) is 10.5 Å². The number of hydrogen-bond acceptors (Lipinski definition) is 5. The van der Waals surface area contributed by atoms with E-state index in [0.29, 0.717) is 19.0 Å². The van der Waals surface area contributed by atoms with E-state index in [-0.39, 0.29) is 17.9 Å². The van der Waals surface area contributed by atoms with Crippen LogP contribution in [0.3, 0.4) is 0 Å². The van der Waals surface area contributed by atoms with Gasteiger partial charge in [0.05, 0.1) is 32.7 Å². The van der Waals surface area contributed by atoms with Crippen LogP contribution >= 0.6 is 11.8 Å². The van der Waals surface area contributed by atoms with Crippen molar-refractivity contribution in [1.82, 2.24) is 0 Å². The number of carbonyl (C=O) groups excluding carboxylic acids is 1. The van der Waals surface area contributed by atoms with Gasteiger partial charge in [0.15, 0.2) is 11.8 Å². The second kappa shape index (κ2) is 9.91. The zero-order chi connectivity index (χ0) is 20.1. The van der Waals surface area contributed by atoms with Gasteiger partial charge < -0.3 is 23.7 Å². The molecule has 2 N–H and O–H groups in total. The van der Waals surface area contributed by atoms with Gasteiger partial charge >= 0.3 is 0 Å². The molecule has 29 heavy (non-hydrogen) atoms. The lowest BCUT2D eigenvalue weighted by Crippen LogP contribution is -3.25. The van der Waals surface area contributed by atoms with Gasteiger partial charge in [-0.3, -0.25) is 4.79 Å². The molecule has 0 bridgehead atoms. The second-order valence-corrected chi connectivity index (χ2v) is 8.49. The molecule has 0 saturated carbocycles. The average Bonchev–Trinajstić information content (AvgIpc) is 3.33. The summed E-state index contributed by atoms with van der Waals surface area (Å²) in [5, 5.41) is 0. The molecule has 2 fully saturated rings. The van der Waals surface area contributed by atoms with E-state index >= 15 is 0 Å². The lowest BCUT2D eigenvalue weighted by molar-refractivity contribution is -0.999. The predicted octanol–water partition coefficient (Wildman–Crippen LogP) is 0.124. The van der Waals surface area contributed by atoms with Crippen molar-refractivity contribution in [2.75, 3.05) is 58.9 Å². The first-order valence-corrected chi connectivity index (χ1v) is 11.6. The van der Waals surface area contributed by atoms with Gasteiger partial charge in [-0.05, 0) is 30.5 Å². The van der Waals surface area contributed by atoms with E-state index in [9.17, 15) is 4.79 Å². The van der Waals surface area contributed by atoms with Crippen molar-refractivity contribution in [3.05, 3.63) is 54.0 Å². The van der Waals surface area contributed by atoms with Crippen molar-refractivity contribution in [2.24, 2.45) is 0 Å². The Bertz CT molecular complexity index is 769. The van der Waals surface area contributed by atoms with E-state index in [4.69, 9.17) is 13.9 Å². The number of hydrogen-bond donors (Lipinski definition) is 2. The number of rotatable bonds is 7. The Morgan fingerprint density at radius 3 is 2.10 bits per heavy atom. The molecule has 1 aromatic carbocycles. The quantitative estimate of drug-likeness (QED) is 0.494. The monoisotopic (exact) mass is 418 g/mol. The van der Waals surface area contributed by atoms with Crippen LogP contribution in [0.5, 0.6) is 0 Å². The third kappa shape index (κ3) is 4.75. The summed E-state index contributed by atoms with van der Waals surface area (Å²) >= 11 is 1.74. The highest BCUT2D eigenvalue weighted by molar-refractivity contribution is 7.98. The lowest BCUT2D eigenvalue weighted by Gasteiger charge is -2.39. The third-order valence-electron chi connectivity index (χ3n) is 6.00. The largest absolute Gasteiger partial charge is 0.461 e. The fraction of sp³-hybridized carbons (Fsp3) is 0.500. The molecule has 2 aliphatic heterocycles. The van der Waals surface area contributed by atoms with Crippen LogP contribution < -0.4 is 9.80 Å². The van der Waals surface area contributed by atoms with E-state index in [0.717, 1.165) is 39.4 Å². The van der Waals surface area contributed by atoms with Crippen LogP contribution in [0.15, 0.2) is 52.0 Å². The van der Waals surface area contributed by atoms with Gasteiger partial charge in [-0.2, -0.15) is 0 Å². The summed E-state index contributed by atoms with van der Waals surface area (Å²) in [7, 11) is 0. The van der Waals surface area contributed by atoms with Crippen molar-refractivity contribution in [1.29, 1.82) is 0 Å². The average molecular weight is 419 g/mol. The van der Waals surface area contributed by atoms with E-state index in [1.54, 1.807) is 30.2 Å². The van der Waals surface area contributed by atoms with Gasteiger partial charge in [-0.15, -0.1) is 11.8 Å². The Kier molecular flexibility index (Phi) is 7.05. The number of ketones is 1. The van der Waals surface area contributed by atoms with E-state index in [2.05, 4.69) is 30.5 Å². The van der Waals surface area contributed by atoms with Crippen LogP contribution in [-0.2, 0) is 9.47 Å². The summed E-state index contributed by atoms with van der Waals surface area (Å²) < 4.78 is 16.8. The molecule has 0 spiro atoms. The van der Waals surface area contributed by atoms with Crippen molar-refractivity contribution in [3.63, 3.8) is 0 Å². The molecule has 0 unspecified atom stereocenters. The molecule has 3 heterocycles. The molecule has 2 aliphatic rings. The highest BCUT2D eigenvalue weighted by Crippen LogP contribution is 2.21. The van der Waals surface area contributed by atoms with Gasteiger partial charge in [0.25, 0.3) is 5.78 Å². The molecule has 1 aromatic heterocycles. The molecule has 6 nitrogen and oxygen atoms in total. The summed E-state index contributed by atoms with van der Waals surface area (Å²) in [6, 6.07) is 12.1. The number of nitrogens with one attached hydrogen (secondary N) is 2. The Morgan fingerprint density at radius 1 is 0.931 bits per heavy atom. The molecule has 156 valence electrons. The minimum Gasteiger partial charge on any atom is -0.461 e. The van der Waals surface area contributed by atoms with Crippen molar-refractivity contribution >= 4 is 17.5 Å². The number of ether oxygens (including phenoxy) is 2. The number of morpholine rings is 2. The second-order valence-electron chi connectivity index (χ2n) is 7.61. The van der Waals surface area contributed by atoms with Crippen molar-refractivity contribution < 1.29 is 28.5 Å². The Hall–Kier alpha value is -1.64. The molecule has 0 radical (unpaired) electrons. The zero-order valence-electron chi connectivity index (χ0n) is 16.9. The normalized spacial score (nSPS) is 21.0. The fourth-order valence-electron chi connectivity index (χ4n) is 4.51. The highest BCUT2D eigenvalue weighted by Gasteiger charge is 2.46. The van der Waals surface area contributed by atoms with Crippen LogP contribution in [0, 0.1) is 0 Å². The summed E-state index contributed by atoms with van der Waals surface area (Å²) in [4.78, 5) is 17.6. The van der Waals surface area contributed by atoms with Crippen LogP contribution in [0.1, 0.15) is 22.2 Å². The molecular formula is C22H30N2O4S+2. The number of Topliss-reactive ketones (excluding diaryl/α,β-unsaturated/α-hetero) is 1.